The van der Waals surface area contributed by atoms with Gasteiger partial charge >= 0.3 is 0 Å². The Morgan fingerprint density at radius 3 is 2.48 bits per heavy atom. The molecule has 0 aliphatic carbocycles. The molecule has 134 valence electrons. The Hall–Kier alpha value is -3.25. The third-order valence-corrected chi connectivity index (χ3v) is 5.23. The van der Waals surface area contributed by atoms with Crippen molar-refractivity contribution >= 4 is 33.3 Å². The summed E-state index contributed by atoms with van der Waals surface area (Å²) in [6.45, 7) is 0.673. The van der Waals surface area contributed by atoms with E-state index in [1.807, 2.05) is 48.5 Å². The van der Waals surface area contributed by atoms with Crippen molar-refractivity contribution in [2.45, 2.75) is 6.54 Å². The van der Waals surface area contributed by atoms with Gasteiger partial charge < -0.3 is 10.6 Å². The van der Waals surface area contributed by atoms with Gasteiger partial charge in [-0.3, -0.25) is 4.79 Å². The zero-order valence-electron chi connectivity index (χ0n) is 14.6. The van der Waals surface area contributed by atoms with Crippen molar-refractivity contribution < 1.29 is 4.79 Å². The highest BCUT2D eigenvalue weighted by Gasteiger charge is 2.11. The van der Waals surface area contributed by atoms with E-state index in [0.717, 1.165) is 26.2 Å². The van der Waals surface area contributed by atoms with Crippen molar-refractivity contribution in [1.29, 1.82) is 0 Å². The molecule has 2 heterocycles. The number of rotatable bonds is 6. The van der Waals surface area contributed by atoms with Crippen LogP contribution < -0.4 is 10.6 Å². The number of anilines is 1. The van der Waals surface area contributed by atoms with Crippen LogP contribution in [0.25, 0.3) is 20.7 Å². The van der Waals surface area contributed by atoms with Gasteiger partial charge in [0, 0.05) is 11.4 Å². The molecule has 4 rings (SSSR count). The van der Waals surface area contributed by atoms with Gasteiger partial charge in [0.25, 0.3) is 0 Å². The maximum absolute atomic E-state index is 12.1. The molecule has 0 aliphatic heterocycles. The topological polar surface area (TPSA) is 66.9 Å². The van der Waals surface area contributed by atoms with E-state index in [2.05, 4.69) is 38.8 Å². The molecule has 1 amide bonds. The van der Waals surface area contributed by atoms with Crippen molar-refractivity contribution in [2.75, 3.05) is 11.9 Å². The first-order valence-electron chi connectivity index (χ1n) is 8.64. The molecule has 0 unspecified atom stereocenters. The van der Waals surface area contributed by atoms with Gasteiger partial charge in [-0.1, -0.05) is 60.7 Å². The van der Waals surface area contributed by atoms with Crippen LogP contribution in [0.2, 0.25) is 0 Å². The lowest BCUT2D eigenvalue weighted by molar-refractivity contribution is -0.119. The summed E-state index contributed by atoms with van der Waals surface area (Å²) in [7, 11) is 0. The smallest absolute Gasteiger partial charge is 0.239 e. The maximum Gasteiger partial charge on any atom is 0.239 e. The fourth-order valence-electron chi connectivity index (χ4n) is 2.76. The molecule has 0 atom stereocenters. The van der Waals surface area contributed by atoms with Crippen molar-refractivity contribution in [3.63, 3.8) is 0 Å². The number of hydrogen-bond donors (Lipinski definition) is 2. The fourth-order valence-corrected chi connectivity index (χ4v) is 3.77. The van der Waals surface area contributed by atoms with E-state index in [1.54, 1.807) is 11.3 Å². The number of hydrogen-bond acceptors (Lipinski definition) is 5. The Morgan fingerprint density at radius 2 is 1.70 bits per heavy atom. The second kappa shape index (κ2) is 7.97. The van der Waals surface area contributed by atoms with E-state index in [0.29, 0.717) is 12.4 Å². The van der Waals surface area contributed by atoms with Crippen molar-refractivity contribution in [1.82, 2.24) is 15.3 Å². The zero-order valence-corrected chi connectivity index (χ0v) is 15.4. The van der Waals surface area contributed by atoms with E-state index in [1.165, 1.54) is 6.33 Å². The number of amides is 1. The normalized spacial score (nSPS) is 10.7. The number of carbonyl (C=O) groups is 1. The molecular weight excluding hydrogens is 356 g/mol. The molecule has 2 aromatic heterocycles. The molecule has 0 fully saturated rings. The van der Waals surface area contributed by atoms with E-state index in [-0.39, 0.29) is 12.5 Å². The lowest BCUT2D eigenvalue weighted by Crippen LogP contribution is -2.29. The maximum atomic E-state index is 12.1. The molecule has 4 aromatic rings. The summed E-state index contributed by atoms with van der Waals surface area (Å²) in [5, 5.41) is 6.97. The molecule has 0 radical (unpaired) electrons. The molecule has 0 spiro atoms. The number of carbonyl (C=O) groups excluding carboxylic acids is 1. The number of benzene rings is 2. The van der Waals surface area contributed by atoms with Gasteiger partial charge in [-0.2, -0.15) is 0 Å². The summed E-state index contributed by atoms with van der Waals surface area (Å²) in [5.74, 6) is 0.595. The Labute approximate surface area is 161 Å². The number of fused-ring (bicyclic) bond motifs is 1. The Bertz CT molecular complexity index is 1050. The van der Waals surface area contributed by atoms with Gasteiger partial charge in [0.2, 0.25) is 5.91 Å². The van der Waals surface area contributed by atoms with Crippen molar-refractivity contribution in [2.24, 2.45) is 0 Å². The van der Waals surface area contributed by atoms with Gasteiger partial charge in [-0.05, 0) is 17.2 Å². The number of nitrogens with zero attached hydrogens (tertiary/aromatic N) is 2. The van der Waals surface area contributed by atoms with Gasteiger partial charge in [-0.25, -0.2) is 9.97 Å². The molecule has 6 heteroatoms. The molecule has 0 bridgehead atoms. The SMILES string of the molecule is O=C(CNc1ncnc2sc(-c3ccccc3)cc12)NCc1ccccc1. The predicted octanol–water partition coefficient (Wildman–Crippen LogP) is 4.09. The quantitative estimate of drug-likeness (QED) is 0.533. The second-order valence-corrected chi connectivity index (χ2v) is 7.06. The van der Waals surface area contributed by atoms with Crippen LogP contribution in [-0.4, -0.2) is 22.4 Å². The zero-order chi connectivity index (χ0) is 18.5. The van der Waals surface area contributed by atoms with Gasteiger partial charge in [-0.15, -0.1) is 11.3 Å². The van der Waals surface area contributed by atoms with Gasteiger partial charge in [0.05, 0.1) is 11.9 Å². The minimum absolute atomic E-state index is 0.0795. The lowest BCUT2D eigenvalue weighted by Gasteiger charge is -2.08. The monoisotopic (exact) mass is 374 g/mol. The first-order valence-corrected chi connectivity index (χ1v) is 9.46. The van der Waals surface area contributed by atoms with E-state index < -0.39 is 0 Å². The molecule has 0 saturated heterocycles. The highest BCUT2D eigenvalue weighted by molar-refractivity contribution is 7.21. The third kappa shape index (κ3) is 4.12. The summed E-state index contributed by atoms with van der Waals surface area (Å²) in [5.41, 5.74) is 2.22. The Kier molecular flexibility index (Phi) is 5.07. The summed E-state index contributed by atoms with van der Waals surface area (Å²) in [6.07, 6.45) is 1.53. The van der Waals surface area contributed by atoms with Crippen molar-refractivity contribution in [3.8, 4) is 10.4 Å². The van der Waals surface area contributed by atoms with Crippen LogP contribution in [0.15, 0.2) is 73.1 Å². The van der Waals surface area contributed by atoms with Crippen LogP contribution in [0, 0.1) is 0 Å². The highest BCUT2D eigenvalue weighted by Crippen LogP contribution is 2.34. The van der Waals surface area contributed by atoms with Crippen LogP contribution in [-0.2, 0) is 11.3 Å². The van der Waals surface area contributed by atoms with Crippen LogP contribution in [0.4, 0.5) is 5.82 Å². The van der Waals surface area contributed by atoms with E-state index in [4.69, 9.17) is 0 Å². The fraction of sp³-hybridized carbons (Fsp3) is 0.0952. The number of nitrogens with one attached hydrogen (secondary N) is 2. The minimum Gasteiger partial charge on any atom is -0.360 e. The molecule has 27 heavy (non-hydrogen) atoms. The first kappa shape index (κ1) is 17.2. The lowest BCUT2D eigenvalue weighted by atomic mass is 10.2. The standard InChI is InChI=1S/C21H18N4OS/c26-19(22-12-15-7-3-1-4-8-15)13-23-20-17-11-18(16-9-5-2-6-10-16)27-21(17)25-14-24-20/h1-11,14H,12-13H2,(H,22,26)(H,23,24,25). The van der Waals surface area contributed by atoms with Crippen molar-refractivity contribution in [3.05, 3.63) is 78.6 Å². The minimum atomic E-state index is -0.0795. The summed E-state index contributed by atoms with van der Waals surface area (Å²) in [6, 6.07) is 22.1. The van der Waals surface area contributed by atoms with Crippen LogP contribution in [0.5, 0.6) is 0 Å². The molecule has 0 aliphatic rings. The molecule has 0 saturated carbocycles. The molecule has 2 N–H and O–H groups in total. The number of aromatic nitrogens is 2. The Balaban J connectivity index is 1.44. The summed E-state index contributed by atoms with van der Waals surface area (Å²) >= 11 is 1.61. The third-order valence-electron chi connectivity index (χ3n) is 4.14. The predicted molar refractivity (Wildman–Crippen MR) is 110 cm³/mol. The molecular formula is C21H18N4OS. The Morgan fingerprint density at radius 1 is 0.963 bits per heavy atom. The molecule has 5 nitrogen and oxygen atoms in total. The van der Waals surface area contributed by atoms with Gasteiger partial charge in [0.1, 0.15) is 17.0 Å². The largest absolute Gasteiger partial charge is 0.360 e. The van der Waals surface area contributed by atoms with Crippen LogP contribution in [0.1, 0.15) is 5.56 Å². The van der Waals surface area contributed by atoms with Gasteiger partial charge in [0.15, 0.2) is 0 Å². The van der Waals surface area contributed by atoms with E-state index in [9.17, 15) is 4.79 Å². The van der Waals surface area contributed by atoms with Crippen LogP contribution in [0.3, 0.4) is 0 Å². The second-order valence-electron chi connectivity index (χ2n) is 6.03. The van der Waals surface area contributed by atoms with Crippen LogP contribution >= 0.6 is 11.3 Å². The summed E-state index contributed by atoms with van der Waals surface area (Å²) < 4.78 is 0. The highest BCUT2D eigenvalue weighted by atomic mass is 32.1. The summed E-state index contributed by atoms with van der Waals surface area (Å²) in [4.78, 5) is 22.8. The average Bonchev–Trinajstić information content (AvgIpc) is 3.17. The number of thiophene rings is 1. The first-order chi connectivity index (χ1) is 13.3. The van der Waals surface area contributed by atoms with E-state index >= 15 is 0 Å². The molecule has 2 aromatic carbocycles. The average molecular weight is 374 g/mol.